The second kappa shape index (κ2) is 5.39. The van der Waals surface area contributed by atoms with Crippen LogP contribution in [0.4, 0.5) is 0 Å². The molecule has 0 amide bonds. The van der Waals surface area contributed by atoms with Gasteiger partial charge in [-0.3, -0.25) is 4.79 Å². The first-order valence-electron chi connectivity index (χ1n) is 7.52. The minimum atomic E-state index is -0.664. The number of esters is 1. The molecule has 21 heavy (non-hydrogen) atoms. The van der Waals surface area contributed by atoms with Gasteiger partial charge in [-0.2, -0.15) is 0 Å². The third kappa shape index (κ3) is 2.37. The number of hydrogen-bond acceptors (Lipinski definition) is 4. The molecule has 0 radical (unpaired) electrons. The van der Waals surface area contributed by atoms with Crippen molar-refractivity contribution in [2.75, 3.05) is 6.61 Å². The van der Waals surface area contributed by atoms with Gasteiger partial charge < -0.3 is 14.8 Å². The maximum Gasteiger partial charge on any atom is 0.319 e. The molecule has 1 saturated carbocycles. The fourth-order valence-electron chi connectivity index (χ4n) is 3.19. The third-order valence-electron chi connectivity index (χ3n) is 4.29. The largest absolute Gasteiger partial charge is 0.508 e. The van der Waals surface area contributed by atoms with Crippen LogP contribution in [0, 0.1) is 0 Å². The van der Waals surface area contributed by atoms with Crippen molar-refractivity contribution in [3.8, 4) is 5.75 Å². The summed E-state index contributed by atoms with van der Waals surface area (Å²) in [7, 11) is 0. The van der Waals surface area contributed by atoms with Crippen molar-refractivity contribution in [3.05, 3.63) is 24.0 Å². The molecule has 1 fully saturated rings. The molecular formula is C16H20N2O3. The molecule has 0 unspecified atom stereocenters. The van der Waals surface area contributed by atoms with E-state index in [1.807, 2.05) is 6.92 Å². The van der Waals surface area contributed by atoms with E-state index >= 15 is 0 Å². The summed E-state index contributed by atoms with van der Waals surface area (Å²) in [5.41, 5.74) is 0.847. The first-order chi connectivity index (χ1) is 10.2. The molecule has 2 aromatic rings. The number of nitrogens with one attached hydrogen (secondary N) is 1. The van der Waals surface area contributed by atoms with Gasteiger partial charge >= 0.3 is 5.97 Å². The molecule has 3 rings (SSSR count). The van der Waals surface area contributed by atoms with Gasteiger partial charge in [0.15, 0.2) is 0 Å². The smallest absolute Gasteiger partial charge is 0.319 e. The number of imidazole rings is 1. The molecule has 0 saturated heterocycles. The van der Waals surface area contributed by atoms with Crippen LogP contribution in [0.2, 0.25) is 0 Å². The molecule has 0 spiro atoms. The Morgan fingerprint density at radius 2 is 2.14 bits per heavy atom. The number of phenols is 1. The number of fused-ring (bicyclic) bond motifs is 1. The lowest BCUT2D eigenvalue weighted by atomic mass is 9.73. The number of aromatic hydroxyl groups is 1. The van der Waals surface area contributed by atoms with E-state index in [0.717, 1.165) is 43.1 Å². The lowest BCUT2D eigenvalue weighted by Crippen LogP contribution is -2.40. The number of ether oxygens (including phenoxy) is 1. The first kappa shape index (κ1) is 13.9. The zero-order valence-corrected chi connectivity index (χ0v) is 12.2. The Bertz CT molecular complexity index is 657. The number of rotatable bonds is 3. The van der Waals surface area contributed by atoms with E-state index in [1.54, 1.807) is 18.2 Å². The highest BCUT2D eigenvalue weighted by molar-refractivity contribution is 5.85. The van der Waals surface area contributed by atoms with Crippen LogP contribution in [0.25, 0.3) is 11.0 Å². The number of aromatic nitrogens is 2. The molecule has 1 aliphatic carbocycles. The van der Waals surface area contributed by atoms with E-state index in [4.69, 9.17) is 4.74 Å². The predicted octanol–water partition coefficient (Wildman–Crippen LogP) is 3.03. The molecule has 1 heterocycles. The number of carbonyl (C=O) groups is 1. The number of carbonyl (C=O) groups excluding carboxylic acids is 1. The molecule has 0 atom stereocenters. The Balaban J connectivity index is 2.07. The molecular weight excluding hydrogens is 268 g/mol. The SMILES string of the molecule is CCOC(=O)C1(c2nc3ccc(O)cc3[nH]2)CCCCC1. The number of H-pyrrole nitrogens is 1. The maximum absolute atomic E-state index is 12.5. The van der Waals surface area contributed by atoms with Crippen molar-refractivity contribution in [1.29, 1.82) is 0 Å². The summed E-state index contributed by atoms with van der Waals surface area (Å²) in [6, 6.07) is 4.99. The molecule has 2 N–H and O–H groups in total. The molecule has 1 aliphatic rings. The fourth-order valence-corrected chi connectivity index (χ4v) is 3.19. The average molecular weight is 288 g/mol. The van der Waals surface area contributed by atoms with Gasteiger partial charge in [0.1, 0.15) is 17.0 Å². The number of hydrogen-bond donors (Lipinski definition) is 2. The summed E-state index contributed by atoms with van der Waals surface area (Å²) < 4.78 is 5.31. The highest BCUT2D eigenvalue weighted by Crippen LogP contribution is 2.40. The van der Waals surface area contributed by atoms with Gasteiger partial charge in [0.05, 0.1) is 17.6 Å². The summed E-state index contributed by atoms with van der Waals surface area (Å²) >= 11 is 0. The zero-order chi connectivity index (χ0) is 14.9. The highest BCUT2D eigenvalue weighted by Gasteiger charge is 2.45. The first-order valence-corrected chi connectivity index (χ1v) is 7.52. The normalized spacial score (nSPS) is 17.8. The maximum atomic E-state index is 12.5. The Morgan fingerprint density at radius 3 is 2.86 bits per heavy atom. The summed E-state index contributed by atoms with van der Waals surface area (Å²) in [4.78, 5) is 20.3. The van der Waals surface area contributed by atoms with Crippen LogP contribution >= 0.6 is 0 Å². The van der Waals surface area contributed by atoms with Crippen LogP contribution < -0.4 is 0 Å². The summed E-state index contributed by atoms with van der Waals surface area (Å²) in [5, 5.41) is 9.57. The van der Waals surface area contributed by atoms with Crippen LogP contribution in [0.15, 0.2) is 18.2 Å². The van der Waals surface area contributed by atoms with Crippen LogP contribution in [-0.4, -0.2) is 27.7 Å². The third-order valence-corrected chi connectivity index (χ3v) is 4.29. The molecule has 1 aromatic heterocycles. The molecule has 5 heteroatoms. The van der Waals surface area contributed by atoms with Crippen molar-refractivity contribution in [3.63, 3.8) is 0 Å². The van der Waals surface area contributed by atoms with Gasteiger partial charge in [0.25, 0.3) is 0 Å². The average Bonchev–Trinajstić information content (AvgIpc) is 2.91. The monoisotopic (exact) mass is 288 g/mol. The topological polar surface area (TPSA) is 75.2 Å². The van der Waals surface area contributed by atoms with Crippen molar-refractivity contribution in [2.45, 2.75) is 44.4 Å². The van der Waals surface area contributed by atoms with Crippen molar-refractivity contribution in [1.82, 2.24) is 9.97 Å². The van der Waals surface area contributed by atoms with Crippen LogP contribution in [0.3, 0.4) is 0 Å². The van der Waals surface area contributed by atoms with Gasteiger partial charge in [-0.15, -0.1) is 0 Å². The van der Waals surface area contributed by atoms with Crippen molar-refractivity contribution >= 4 is 17.0 Å². The Morgan fingerprint density at radius 1 is 1.38 bits per heavy atom. The Hall–Kier alpha value is -2.04. The zero-order valence-electron chi connectivity index (χ0n) is 12.2. The molecule has 0 bridgehead atoms. The van der Waals surface area contributed by atoms with E-state index in [1.165, 1.54) is 0 Å². The van der Waals surface area contributed by atoms with E-state index in [9.17, 15) is 9.90 Å². The standard InChI is InChI=1S/C16H20N2O3/c1-2-21-15(20)16(8-4-3-5-9-16)14-17-12-7-6-11(19)10-13(12)18-14/h6-7,10,19H,2-5,8-9H2,1H3,(H,17,18). The van der Waals surface area contributed by atoms with Crippen molar-refractivity contribution < 1.29 is 14.6 Å². The lowest BCUT2D eigenvalue weighted by molar-refractivity contribution is -0.152. The van der Waals surface area contributed by atoms with E-state index in [0.29, 0.717) is 12.4 Å². The number of phenolic OH excluding ortho intramolecular Hbond substituents is 1. The minimum absolute atomic E-state index is 0.187. The Labute approximate surface area is 123 Å². The fraction of sp³-hybridized carbons (Fsp3) is 0.500. The lowest BCUT2D eigenvalue weighted by Gasteiger charge is -2.32. The van der Waals surface area contributed by atoms with Gasteiger partial charge in [-0.1, -0.05) is 19.3 Å². The van der Waals surface area contributed by atoms with Gasteiger partial charge in [-0.05, 0) is 31.9 Å². The number of benzene rings is 1. The second-order valence-electron chi connectivity index (χ2n) is 5.65. The van der Waals surface area contributed by atoms with E-state index < -0.39 is 5.41 Å². The molecule has 5 nitrogen and oxygen atoms in total. The summed E-state index contributed by atoms with van der Waals surface area (Å²) in [6.07, 6.45) is 4.67. The van der Waals surface area contributed by atoms with E-state index in [2.05, 4.69) is 9.97 Å². The summed E-state index contributed by atoms with van der Waals surface area (Å²) in [6.45, 7) is 2.20. The van der Waals surface area contributed by atoms with Crippen LogP contribution in [0.1, 0.15) is 44.9 Å². The van der Waals surface area contributed by atoms with Crippen LogP contribution in [-0.2, 0) is 14.9 Å². The quantitative estimate of drug-likeness (QED) is 0.851. The van der Waals surface area contributed by atoms with Gasteiger partial charge in [0, 0.05) is 6.07 Å². The molecule has 1 aromatic carbocycles. The van der Waals surface area contributed by atoms with Gasteiger partial charge in [-0.25, -0.2) is 4.98 Å². The van der Waals surface area contributed by atoms with Gasteiger partial charge in [0.2, 0.25) is 0 Å². The van der Waals surface area contributed by atoms with E-state index in [-0.39, 0.29) is 11.7 Å². The number of aromatic amines is 1. The second-order valence-corrected chi connectivity index (χ2v) is 5.65. The minimum Gasteiger partial charge on any atom is -0.508 e. The predicted molar refractivity (Wildman–Crippen MR) is 79.2 cm³/mol. The number of nitrogens with zero attached hydrogens (tertiary/aromatic N) is 1. The Kier molecular flexibility index (Phi) is 3.57. The molecule has 112 valence electrons. The molecule has 0 aliphatic heterocycles. The van der Waals surface area contributed by atoms with Crippen LogP contribution in [0.5, 0.6) is 5.75 Å². The van der Waals surface area contributed by atoms with Crippen molar-refractivity contribution in [2.24, 2.45) is 0 Å². The highest BCUT2D eigenvalue weighted by atomic mass is 16.5. The summed E-state index contributed by atoms with van der Waals surface area (Å²) in [5.74, 6) is 0.667.